The molecule has 1 aliphatic heterocycles. The van der Waals surface area contributed by atoms with Gasteiger partial charge >= 0.3 is 12.3 Å². The first kappa shape index (κ1) is 30.5. The molecule has 0 bridgehead atoms. The van der Waals surface area contributed by atoms with Gasteiger partial charge in [0.2, 0.25) is 17.4 Å². The van der Waals surface area contributed by atoms with Gasteiger partial charge in [-0.2, -0.15) is 13.2 Å². The van der Waals surface area contributed by atoms with Crippen LogP contribution in [-0.2, 0) is 37.7 Å². The Hall–Kier alpha value is -4.00. The van der Waals surface area contributed by atoms with E-state index in [4.69, 9.17) is 10.5 Å². The number of hydrogen-bond donors (Lipinski definition) is 2. The molecule has 3 aliphatic rings. The standard InChI is InChI=1S/C30H32F4N4O5/c1-16(2)24(35)26(40)36-21-9-10-22-19(13-21)11-12-29(22)27(41)38(28(42)43-29)15-23(39)37(14-17-3-7-20(31)8-4-17)25(18-5-6-18)30(32,33)34/h3-4,7-10,13,16,18,24-25H,5-6,11-12,14-15,35H2,1-2H3,(H,36,40)/t24?,25?,29-/m0/s1. The second-order valence-electron chi connectivity index (χ2n) is 11.7. The highest BCUT2D eigenvalue weighted by atomic mass is 19.4. The van der Waals surface area contributed by atoms with Crippen molar-refractivity contribution in [2.45, 2.75) is 69.9 Å². The number of nitrogens with zero attached hydrogens (tertiary/aromatic N) is 2. The Labute approximate surface area is 245 Å². The van der Waals surface area contributed by atoms with Gasteiger partial charge < -0.3 is 20.7 Å². The average molecular weight is 605 g/mol. The number of rotatable bonds is 9. The molecule has 9 nitrogen and oxygen atoms in total. The lowest BCUT2D eigenvalue weighted by molar-refractivity contribution is -0.196. The molecule has 4 amide bonds. The molecule has 230 valence electrons. The van der Waals surface area contributed by atoms with Crippen LogP contribution in [0.2, 0.25) is 0 Å². The lowest BCUT2D eigenvalue weighted by Gasteiger charge is -2.34. The highest BCUT2D eigenvalue weighted by Crippen LogP contribution is 2.47. The minimum absolute atomic E-state index is 0.0625. The van der Waals surface area contributed by atoms with Crippen LogP contribution in [0.1, 0.15) is 49.8 Å². The van der Waals surface area contributed by atoms with E-state index >= 15 is 0 Å². The van der Waals surface area contributed by atoms with Gasteiger partial charge in [0.1, 0.15) is 18.4 Å². The Kier molecular flexibility index (Phi) is 7.97. The summed E-state index contributed by atoms with van der Waals surface area (Å²) in [6.07, 6.45) is -4.98. The van der Waals surface area contributed by atoms with Gasteiger partial charge in [0.05, 0.1) is 6.04 Å². The summed E-state index contributed by atoms with van der Waals surface area (Å²) in [5, 5.41) is 2.73. The first-order valence-corrected chi connectivity index (χ1v) is 14.1. The van der Waals surface area contributed by atoms with E-state index in [9.17, 15) is 36.7 Å². The predicted octanol–water partition coefficient (Wildman–Crippen LogP) is 4.24. The van der Waals surface area contributed by atoms with Gasteiger partial charge in [0, 0.05) is 24.2 Å². The van der Waals surface area contributed by atoms with Crippen LogP contribution in [0.5, 0.6) is 0 Å². The highest BCUT2D eigenvalue weighted by Gasteiger charge is 2.59. The Balaban J connectivity index is 1.37. The van der Waals surface area contributed by atoms with Crippen LogP contribution in [0.3, 0.4) is 0 Å². The number of amides is 4. The number of nitrogens with one attached hydrogen (secondary N) is 1. The fourth-order valence-electron chi connectivity index (χ4n) is 5.72. The molecule has 1 saturated carbocycles. The number of fused-ring (bicyclic) bond motifs is 2. The van der Waals surface area contributed by atoms with E-state index in [1.807, 2.05) is 13.8 Å². The molecule has 5 rings (SSSR count). The van der Waals surface area contributed by atoms with Gasteiger partial charge in [-0.05, 0) is 66.5 Å². The molecule has 0 aromatic heterocycles. The predicted molar refractivity (Wildman–Crippen MR) is 146 cm³/mol. The van der Waals surface area contributed by atoms with Crippen molar-refractivity contribution >= 4 is 29.5 Å². The van der Waals surface area contributed by atoms with E-state index in [0.29, 0.717) is 33.0 Å². The Bertz CT molecular complexity index is 1440. The number of carbonyl (C=O) groups is 4. The molecule has 3 N–H and O–H groups in total. The molecule has 1 saturated heterocycles. The molecule has 43 heavy (non-hydrogen) atoms. The summed E-state index contributed by atoms with van der Waals surface area (Å²) in [5.41, 5.74) is 5.89. The van der Waals surface area contributed by atoms with Gasteiger partial charge in [0.15, 0.2) is 0 Å². The first-order valence-electron chi connectivity index (χ1n) is 14.1. The molecule has 2 aromatic carbocycles. The molecule has 0 radical (unpaired) electrons. The molecule has 13 heteroatoms. The summed E-state index contributed by atoms with van der Waals surface area (Å²) >= 11 is 0. The molecule has 1 heterocycles. The molecular weight excluding hydrogens is 572 g/mol. The molecule has 2 fully saturated rings. The maximum Gasteiger partial charge on any atom is 0.418 e. The number of imide groups is 1. The molecule has 1 spiro atoms. The van der Waals surface area contributed by atoms with Crippen molar-refractivity contribution in [3.8, 4) is 0 Å². The number of benzene rings is 2. The molecule has 3 atom stereocenters. The van der Waals surface area contributed by atoms with Crippen molar-refractivity contribution in [1.82, 2.24) is 9.80 Å². The van der Waals surface area contributed by atoms with Crippen molar-refractivity contribution < 1.29 is 41.5 Å². The monoisotopic (exact) mass is 604 g/mol. The zero-order valence-electron chi connectivity index (χ0n) is 23.6. The van der Waals surface area contributed by atoms with Crippen molar-refractivity contribution in [3.63, 3.8) is 0 Å². The quantitative estimate of drug-likeness (QED) is 0.413. The zero-order chi connectivity index (χ0) is 31.3. The SMILES string of the molecule is CC(C)C(N)C(=O)Nc1ccc2c(c1)CC[C@]21OC(=O)N(CC(=O)N(Cc2ccc(F)cc2)C(C2CC2)C(F)(F)F)C1=O. The van der Waals surface area contributed by atoms with E-state index in [2.05, 4.69) is 5.32 Å². The van der Waals surface area contributed by atoms with Crippen molar-refractivity contribution in [3.05, 3.63) is 65.0 Å². The third kappa shape index (κ3) is 5.95. The van der Waals surface area contributed by atoms with Gasteiger partial charge in [-0.1, -0.05) is 32.0 Å². The summed E-state index contributed by atoms with van der Waals surface area (Å²) in [4.78, 5) is 53.7. The van der Waals surface area contributed by atoms with Crippen LogP contribution in [0, 0.1) is 17.7 Å². The third-order valence-electron chi connectivity index (χ3n) is 8.27. The minimum Gasteiger partial charge on any atom is -0.427 e. The van der Waals surface area contributed by atoms with Crippen molar-refractivity contribution in [1.29, 1.82) is 0 Å². The first-order chi connectivity index (χ1) is 20.2. The Morgan fingerprint density at radius 3 is 2.42 bits per heavy atom. The van der Waals surface area contributed by atoms with Crippen LogP contribution in [0.15, 0.2) is 42.5 Å². The minimum atomic E-state index is -4.76. The molecule has 2 aliphatic carbocycles. The van der Waals surface area contributed by atoms with E-state index in [0.717, 1.165) is 12.1 Å². The van der Waals surface area contributed by atoms with Gasteiger partial charge in [-0.15, -0.1) is 0 Å². The largest absolute Gasteiger partial charge is 0.427 e. The van der Waals surface area contributed by atoms with E-state index in [-0.39, 0.29) is 36.7 Å². The summed E-state index contributed by atoms with van der Waals surface area (Å²) in [5.74, 6) is -3.81. The van der Waals surface area contributed by atoms with Crippen LogP contribution in [0.25, 0.3) is 0 Å². The van der Waals surface area contributed by atoms with Crippen LogP contribution < -0.4 is 11.1 Å². The normalized spacial score (nSPS) is 21.2. The number of alkyl halides is 3. The fourth-order valence-corrected chi connectivity index (χ4v) is 5.72. The Morgan fingerprint density at radius 1 is 1.14 bits per heavy atom. The lowest BCUT2D eigenvalue weighted by atomic mass is 9.94. The number of aryl methyl sites for hydroxylation is 1. The van der Waals surface area contributed by atoms with Crippen LogP contribution in [-0.4, -0.2) is 58.4 Å². The third-order valence-corrected chi connectivity index (χ3v) is 8.27. The number of ether oxygens (including phenoxy) is 1. The number of nitrogens with two attached hydrogens (primary N) is 1. The summed E-state index contributed by atoms with van der Waals surface area (Å²) in [6, 6.07) is 6.60. The zero-order valence-corrected chi connectivity index (χ0v) is 23.6. The van der Waals surface area contributed by atoms with Crippen LogP contribution in [0.4, 0.5) is 28.0 Å². The number of hydrogen-bond acceptors (Lipinski definition) is 6. The topological polar surface area (TPSA) is 122 Å². The summed E-state index contributed by atoms with van der Waals surface area (Å²) in [7, 11) is 0. The maximum atomic E-state index is 14.2. The second kappa shape index (κ2) is 11.3. The molecular formula is C30H32F4N4O5. The van der Waals surface area contributed by atoms with Gasteiger partial charge in [-0.3, -0.25) is 14.4 Å². The fraction of sp³-hybridized carbons (Fsp3) is 0.467. The van der Waals surface area contributed by atoms with Crippen LogP contribution >= 0.6 is 0 Å². The second-order valence-corrected chi connectivity index (χ2v) is 11.7. The van der Waals surface area contributed by atoms with Crippen molar-refractivity contribution in [2.24, 2.45) is 17.6 Å². The summed E-state index contributed by atoms with van der Waals surface area (Å²) < 4.78 is 61.6. The van der Waals surface area contributed by atoms with E-state index in [1.54, 1.807) is 18.2 Å². The summed E-state index contributed by atoms with van der Waals surface area (Å²) in [6.45, 7) is 2.19. The lowest BCUT2D eigenvalue weighted by Crippen LogP contribution is -2.53. The van der Waals surface area contributed by atoms with E-state index in [1.165, 1.54) is 12.1 Å². The molecule has 2 unspecified atom stereocenters. The number of halogens is 4. The maximum absolute atomic E-state index is 14.2. The number of anilines is 1. The number of carbonyl (C=O) groups excluding carboxylic acids is 4. The van der Waals surface area contributed by atoms with Gasteiger partial charge in [0.25, 0.3) is 5.91 Å². The highest BCUT2D eigenvalue weighted by molar-refractivity contribution is 6.06. The van der Waals surface area contributed by atoms with Crippen molar-refractivity contribution in [2.75, 3.05) is 11.9 Å². The average Bonchev–Trinajstić information content (AvgIpc) is 3.66. The Morgan fingerprint density at radius 2 is 1.81 bits per heavy atom. The van der Waals surface area contributed by atoms with Gasteiger partial charge in [-0.25, -0.2) is 14.1 Å². The molecule has 2 aromatic rings. The van der Waals surface area contributed by atoms with E-state index < -0.39 is 66.6 Å². The smallest absolute Gasteiger partial charge is 0.418 e.